The molecule has 0 amide bonds. The van der Waals surface area contributed by atoms with Crippen LogP contribution in [0.3, 0.4) is 0 Å². The van der Waals surface area contributed by atoms with Crippen LogP contribution in [0, 0.1) is 17.7 Å². The predicted molar refractivity (Wildman–Crippen MR) is 71.7 cm³/mol. The highest BCUT2D eigenvalue weighted by atomic mass is 19.4. The molecule has 20 heavy (non-hydrogen) atoms. The van der Waals surface area contributed by atoms with Crippen LogP contribution in [0.15, 0.2) is 18.2 Å². The standard InChI is InChI=1S/C14H18BF4O/c1-9-5-10(2)7-12(6-9)20-14-8-11(16)3-4-13(14)15(17,18)19/h3-4,8-10,12H,5-7H2,1-2H3/q-1. The lowest BCUT2D eigenvalue weighted by atomic mass is 9.79. The van der Waals surface area contributed by atoms with Crippen LogP contribution in [0.5, 0.6) is 5.75 Å². The largest absolute Gasteiger partial charge is 0.513 e. The zero-order chi connectivity index (χ0) is 14.9. The molecule has 0 spiro atoms. The van der Waals surface area contributed by atoms with Crippen LogP contribution < -0.4 is 10.2 Å². The minimum Gasteiger partial charge on any atom is -0.493 e. The summed E-state index contributed by atoms with van der Waals surface area (Å²) in [6, 6.07) is 2.43. The van der Waals surface area contributed by atoms with E-state index in [0.717, 1.165) is 24.6 Å². The molecule has 1 aliphatic rings. The summed E-state index contributed by atoms with van der Waals surface area (Å²) in [6.07, 6.45) is 2.21. The Bertz CT molecular complexity index is 465. The van der Waals surface area contributed by atoms with Gasteiger partial charge in [-0.25, -0.2) is 4.39 Å². The van der Waals surface area contributed by atoms with Gasteiger partial charge in [-0.1, -0.05) is 25.4 Å². The van der Waals surface area contributed by atoms with E-state index in [2.05, 4.69) is 13.8 Å². The Kier molecular flexibility index (Phi) is 4.30. The van der Waals surface area contributed by atoms with Crippen LogP contribution in [0.2, 0.25) is 0 Å². The van der Waals surface area contributed by atoms with Crippen molar-refractivity contribution in [2.24, 2.45) is 11.8 Å². The Morgan fingerprint density at radius 1 is 1.05 bits per heavy atom. The average Bonchev–Trinajstić information content (AvgIpc) is 2.25. The van der Waals surface area contributed by atoms with E-state index in [-0.39, 0.29) is 11.9 Å². The van der Waals surface area contributed by atoms with Crippen LogP contribution in [-0.2, 0) is 0 Å². The minimum atomic E-state index is -5.20. The summed E-state index contributed by atoms with van der Waals surface area (Å²) in [4.78, 5) is 0. The van der Waals surface area contributed by atoms with Gasteiger partial charge in [-0.3, -0.25) is 0 Å². The highest BCUT2D eigenvalue weighted by Gasteiger charge is 2.32. The van der Waals surface area contributed by atoms with Crippen molar-refractivity contribution >= 4 is 12.4 Å². The highest BCUT2D eigenvalue weighted by molar-refractivity contribution is 6.74. The summed E-state index contributed by atoms with van der Waals surface area (Å²) in [6.45, 7) is -1.07. The van der Waals surface area contributed by atoms with Crippen LogP contribution in [0.25, 0.3) is 0 Å². The molecule has 1 aromatic carbocycles. The molecule has 0 saturated heterocycles. The molecule has 2 atom stereocenters. The number of benzene rings is 1. The number of rotatable bonds is 3. The van der Waals surface area contributed by atoms with Crippen molar-refractivity contribution in [2.75, 3.05) is 0 Å². The molecule has 0 aliphatic heterocycles. The molecule has 2 rings (SSSR count). The van der Waals surface area contributed by atoms with Crippen LogP contribution in [0.4, 0.5) is 17.3 Å². The van der Waals surface area contributed by atoms with E-state index in [1.54, 1.807) is 0 Å². The Balaban J connectivity index is 2.22. The Hall–Kier alpha value is -1.20. The smallest absolute Gasteiger partial charge is 0.493 e. The summed E-state index contributed by atoms with van der Waals surface area (Å²) in [5, 5.41) is 0. The zero-order valence-electron chi connectivity index (χ0n) is 11.6. The van der Waals surface area contributed by atoms with Crippen molar-refractivity contribution in [2.45, 2.75) is 39.2 Å². The maximum Gasteiger partial charge on any atom is 0.513 e. The molecule has 112 valence electrons. The molecule has 0 bridgehead atoms. The fourth-order valence-electron chi connectivity index (χ4n) is 3.03. The molecule has 1 nitrogen and oxygen atoms in total. The molecular weight excluding hydrogens is 271 g/mol. The van der Waals surface area contributed by atoms with E-state index in [9.17, 15) is 17.3 Å². The molecule has 1 fully saturated rings. The van der Waals surface area contributed by atoms with E-state index < -0.39 is 18.3 Å². The zero-order valence-corrected chi connectivity index (χ0v) is 11.6. The monoisotopic (exact) mass is 289 g/mol. The molecule has 2 unspecified atom stereocenters. The normalized spacial score (nSPS) is 27.4. The summed E-state index contributed by atoms with van der Waals surface area (Å²) < 4.78 is 57.5. The van der Waals surface area contributed by atoms with Crippen molar-refractivity contribution in [1.82, 2.24) is 0 Å². The molecular formula is C14H18BF4O-. The molecule has 0 aromatic heterocycles. The minimum absolute atomic E-state index is 0.271. The van der Waals surface area contributed by atoms with Crippen molar-refractivity contribution < 1.29 is 22.1 Å². The lowest BCUT2D eigenvalue weighted by Gasteiger charge is -2.33. The van der Waals surface area contributed by atoms with Gasteiger partial charge in [-0.05, 0) is 37.2 Å². The molecule has 1 saturated carbocycles. The second-order valence-corrected chi connectivity index (χ2v) is 5.91. The Labute approximate surface area is 116 Å². The van der Waals surface area contributed by atoms with Gasteiger partial charge in [-0.15, -0.1) is 0 Å². The average molecular weight is 289 g/mol. The first-order chi connectivity index (χ1) is 9.25. The van der Waals surface area contributed by atoms with Gasteiger partial charge in [0, 0.05) is 6.07 Å². The Morgan fingerprint density at radius 3 is 2.20 bits per heavy atom. The van der Waals surface area contributed by atoms with Crippen molar-refractivity contribution in [3.05, 3.63) is 24.0 Å². The van der Waals surface area contributed by atoms with E-state index >= 15 is 0 Å². The SMILES string of the molecule is CC1CC(C)CC(Oc2cc(F)ccc2[B-](F)(F)F)C1. The lowest BCUT2D eigenvalue weighted by molar-refractivity contribution is 0.101. The summed E-state index contributed by atoms with van der Waals surface area (Å²) >= 11 is 0. The second-order valence-electron chi connectivity index (χ2n) is 5.91. The first-order valence-electron chi connectivity index (χ1n) is 6.91. The van der Waals surface area contributed by atoms with Gasteiger partial charge in [0.15, 0.2) is 0 Å². The van der Waals surface area contributed by atoms with Crippen molar-refractivity contribution in [1.29, 1.82) is 0 Å². The quantitative estimate of drug-likeness (QED) is 0.601. The number of ether oxygens (including phenoxy) is 1. The summed E-state index contributed by atoms with van der Waals surface area (Å²) in [7, 11) is 0. The van der Waals surface area contributed by atoms with Gasteiger partial charge >= 0.3 is 6.98 Å². The van der Waals surface area contributed by atoms with Gasteiger partial charge < -0.3 is 17.7 Å². The first-order valence-corrected chi connectivity index (χ1v) is 6.91. The van der Waals surface area contributed by atoms with Crippen LogP contribution in [0.1, 0.15) is 33.1 Å². The third-order valence-corrected chi connectivity index (χ3v) is 3.76. The fourth-order valence-corrected chi connectivity index (χ4v) is 3.03. The van der Waals surface area contributed by atoms with Crippen LogP contribution >= 0.6 is 0 Å². The molecule has 0 radical (unpaired) electrons. The molecule has 6 heteroatoms. The maximum absolute atomic E-state index is 13.2. The number of hydrogen-bond donors (Lipinski definition) is 0. The predicted octanol–water partition coefficient (Wildman–Crippen LogP) is 4.08. The van der Waals surface area contributed by atoms with Gasteiger partial charge in [0.1, 0.15) is 5.82 Å². The van der Waals surface area contributed by atoms with E-state index in [4.69, 9.17) is 4.74 Å². The lowest BCUT2D eigenvalue weighted by Crippen LogP contribution is -2.38. The number of halogens is 4. The van der Waals surface area contributed by atoms with E-state index in [0.29, 0.717) is 24.7 Å². The fraction of sp³-hybridized carbons (Fsp3) is 0.571. The maximum atomic E-state index is 13.2. The van der Waals surface area contributed by atoms with Crippen molar-refractivity contribution in [3.63, 3.8) is 0 Å². The van der Waals surface area contributed by atoms with Gasteiger partial charge in [-0.2, -0.15) is 0 Å². The third-order valence-electron chi connectivity index (χ3n) is 3.76. The van der Waals surface area contributed by atoms with Gasteiger partial charge in [0.05, 0.1) is 11.9 Å². The topological polar surface area (TPSA) is 9.23 Å². The molecule has 1 aliphatic carbocycles. The van der Waals surface area contributed by atoms with Gasteiger partial charge in [0.25, 0.3) is 0 Å². The van der Waals surface area contributed by atoms with Crippen LogP contribution in [-0.4, -0.2) is 13.1 Å². The first kappa shape index (κ1) is 15.2. The summed E-state index contributed by atoms with van der Waals surface area (Å²) in [5.41, 5.74) is -0.850. The Morgan fingerprint density at radius 2 is 1.65 bits per heavy atom. The van der Waals surface area contributed by atoms with Crippen molar-refractivity contribution in [3.8, 4) is 5.75 Å². The molecule has 1 aromatic rings. The van der Waals surface area contributed by atoms with Gasteiger partial charge in [0.2, 0.25) is 0 Å². The second kappa shape index (κ2) is 5.66. The number of hydrogen-bond acceptors (Lipinski definition) is 1. The van der Waals surface area contributed by atoms with E-state index in [1.165, 1.54) is 0 Å². The highest BCUT2D eigenvalue weighted by Crippen LogP contribution is 2.31. The molecule has 0 N–H and O–H groups in total. The third kappa shape index (κ3) is 3.67. The van der Waals surface area contributed by atoms with E-state index in [1.807, 2.05) is 0 Å². The summed E-state index contributed by atoms with van der Waals surface area (Å²) in [5.74, 6) is -0.251. The molecule has 0 heterocycles.